The lowest BCUT2D eigenvalue weighted by Crippen LogP contribution is -2.22. The lowest BCUT2D eigenvalue weighted by atomic mass is 10.1. The first-order valence-electron chi connectivity index (χ1n) is 9.58. The standard InChI is InChI=1S/C19H18N8O2.CH2O2/c1-3-4-14-11(2)23-19-25-18(26-27(19)17(14)29)24-16(28)13-9-21-15(22-10-13)12-5-7-20-8-6-12;2-1-3/h5-10H,3-4H2,1-2H3,(H2,23,24,25,26,28);1H,(H,2,3). The van der Waals surface area contributed by atoms with Crippen LogP contribution in [0.15, 0.2) is 41.7 Å². The topological polar surface area (TPSA) is 168 Å². The smallest absolute Gasteiger partial charge is 0.290 e. The molecule has 0 aliphatic carbocycles. The second-order valence-corrected chi connectivity index (χ2v) is 6.53. The van der Waals surface area contributed by atoms with Gasteiger partial charge in [0, 0.05) is 35.9 Å². The minimum absolute atomic E-state index is 0.117. The zero-order valence-corrected chi connectivity index (χ0v) is 17.3. The van der Waals surface area contributed by atoms with Gasteiger partial charge in [-0.3, -0.25) is 29.8 Å². The monoisotopic (exact) mass is 436 g/mol. The van der Waals surface area contributed by atoms with Crippen LogP contribution in [0.5, 0.6) is 0 Å². The number of hydrogen-bond acceptors (Lipinski definition) is 8. The van der Waals surface area contributed by atoms with Gasteiger partial charge in [-0.05, 0) is 25.5 Å². The van der Waals surface area contributed by atoms with Crippen molar-refractivity contribution in [2.24, 2.45) is 0 Å². The van der Waals surface area contributed by atoms with Crippen LogP contribution in [0.1, 0.15) is 35.0 Å². The van der Waals surface area contributed by atoms with E-state index in [-0.39, 0.29) is 29.3 Å². The predicted molar refractivity (Wildman–Crippen MR) is 114 cm³/mol. The number of aromatic amines is 1. The molecule has 0 unspecified atom stereocenters. The molecule has 1 amide bonds. The van der Waals surface area contributed by atoms with E-state index in [1.54, 1.807) is 31.5 Å². The molecule has 4 aromatic heterocycles. The summed E-state index contributed by atoms with van der Waals surface area (Å²) in [7, 11) is 0. The Labute approximate surface area is 181 Å². The largest absolute Gasteiger partial charge is 0.483 e. The summed E-state index contributed by atoms with van der Waals surface area (Å²) in [6.07, 6.45) is 7.60. The minimum Gasteiger partial charge on any atom is -0.483 e. The number of anilines is 1. The second kappa shape index (κ2) is 10.0. The third-order valence-corrected chi connectivity index (χ3v) is 4.38. The molecular weight excluding hydrogens is 416 g/mol. The molecule has 32 heavy (non-hydrogen) atoms. The fraction of sp³-hybridized carbons (Fsp3) is 0.200. The van der Waals surface area contributed by atoms with Crippen molar-refractivity contribution < 1.29 is 14.7 Å². The maximum absolute atomic E-state index is 12.6. The van der Waals surface area contributed by atoms with E-state index >= 15 is 0 Å². The highest BCUT2D eigenvalue weighted by atomic mass is 16.3. The van der Waals surface area contributed by atoms with Gasteiger partial charge in [0.1, 0.15) is 0 Å². The molecule has 0 bridgehead atoms. The third-order valence-electron chi connectivity index (χ3n) is 4.38. The summed E-state index contributed by atoms with van der Waals surface area (Å²) in [6, 6.07) is 3.56. The molecule has 0 aromatic carbocycles. The zero-order chi connectivity index (χ0) is 23.1. The van der Waals surface area contributed by atoms with Crippen LogP contribution < -0.4 is 10.9 Å². The van der Waals surface area contributed by atoms with E-state index in [0.29, 0.717) is 23.5 Å². The molecule has 0 saturated heterocycles. The first kappa shape index (κ1) is 22.2. The summed E-state index contributed by atoms with van der Waals surface area (Å²) in [5.74, 6) is 0.351. The molecular formula is C20H20N8O4. The fourth-order valence-electron chi connectivity index (χ4n) is 2.92. The Morgan fingerprint density at radius 1 is 1.22 bits per heavy atom. The molecule has 12 heteroatoms. The van der Waals surface area contributed by atoms with Crippen LogP contribution in [0.4, 0.5) is 5.95 Å². The van der Waals surface area contributed by atoms with Gasteiger partial charge in [0.25, 0.3) is 23.7 Å². The van der Waals surface area contributed by atoms with Gasteiger partial charge in [0.05, 0.1) is 11.3 Å². The van der Waals surface area contributed by atoms with Crippen molar-refractivity contribution in [2.75, 3.05) is 5.32 Å². The number of hydrogen-bond donors (Lipinski definition) is 3. The van der Waals surface area contributed by atoms with Crippen molar-refractivity contribution in [3.63, 3.8) is 0 Å². The average Bonchev–Trinajstić information content (AvgIpc) is 3.20. The number of aryl methyl sites for hydroxylation is 1. The fourth-order valence-corrected chi connectivity index (χ4v) is 2.92. The van der Waals surface area contributed by atoms with E-state index in [1.165, 1.54) is 16.9 Å². The van der Waals surface area contributed by atoms with Gasteiger partial charge in [0.2, 0.25) is 5.95 Å². The van der Waals surface area contributed by atoms with Crippen molar-refractivity contribution in [1.29, 1.82) is 0 Å². The highest BCUT2D eigenvalue weighted by molar-refractivity contribution is 6.03. The van der Waals surface area contributed by atoms with Crippen molar-refractivity contribution in [2.45, 2.75) is 26.7 Å². The summed E-state index contributed by atoms with van der Waals surface area (Å²) in [5.41, 5.74) is 2.11. The number of H-pyrrole nitrogens is 1. The van der Waals surface area contributed by atoms with Gasteiger partial charge < -0.3 is 5.11 Å². The third kappa shape index (κ3) is 4.80. The Morgan fingerprint density at radius 3 is 2.50 bits per heavy atom. The Morgan fingerprint density at radius 2 is 1.88 bits per heavy atom. The van der Waals surface area contributed by atoms with Crippen LogP contribution in [0.3, 0.4) is 0 Å². The quantitative estimate of drug-likeness (QED) is 0.392. The normalized spacial score (nSPS) is 10.3. The Hall–Kier alpha value is -4.48. The van der Waals surface area contributed by atoms with Gasteiger partial charge in [-0.1, -0.05) is 13.3 Å². The summed E-state index contributed by atoms with van der Waals surface area (Å²) in [5, 5.41) is 12.3. The Bertz CT molecular complexity index is 1280. The van der Waals surface area contributed by atoms with Crippen LogP contribution in [0.25, 0.3) is 17.2 Å². The number of nitrogens with zero attached hydrogens (tertiary/aromatic N) is 6. The van der Waals surface area contributed by atoms with Crippen LogP contribution in [-0.4, -0.2) is 52.0 Å². The van der Waals surface area contributed by atoms with E-state index in [1.807, 2.05) is 6.92 Å². The molecule has 0 aliphatic heterocycles. The molecule has 0 radical (unpaired) electrons. The molecule has 12 nitrogen and oxygen atoms in total. The van der Waals surface area contributed by atoms with Crippen molar-refractivity contribution in [3.05, 3.63) is 64.1 Å². The molecule has 0 fully saturated rings. The summed E-state index contributed by atoms with van der Waals surface area (Å²) in [4.78, 5) is 54.3. The predicted octanol–water partition coefficient (Wildman–Crippen LogP) is 1.48. The van der Waals surface area contributed by atoms with Gasteiger partial charge in [-0.25, -0.2) is 15.0 Å². The second-order valence-electron chi connectivity index (χ2n) is 6.53. The maximum atomic E-state index is 12.6. The number of nitrogens with one attached hydrogen (secondary N) is 2. The zero-order valence-electron chi connectivity index (χ0n) is 17.3. The number of carbonyl (C=O) groups excluding carboxylic acids is 1. The SMILES string of the molecule is CCCc1c(C)nc2nc(NC(=O)c3cnc(-c4ccncc4)nc3)[nH]n2c1=O.O=CO. The van der Waals surface area contributed by atoms with Crippen molar-refractivity contribution in [3.8, 4) is 11.4 Å². The number of pyridine rings is 1. The lowest BCUT2D eigenvalue weighted by Gasteiger charge is -2.03. The first-order chi connectivity index (χ1) is 15.5. The van der Waals surface area contributed by atoms with Crippen LogP contribution in [-0.2, 0) is 11.2 Å². The average molecular weight is 436 g/mol. The van der Waals surface area contributed by atoms with Crippen LogP contribution in [0.2, 0.25) is 0 Å². The minimum atomic E-state index is -0.455. The number of carboxylic acid groups (broad SMARTS) is 1. The lowest BCUT2D eigenvalue weighted by molar-refractivity contribution is -0.122. The van der Waals surface area contributed by atoms with Gasteiger partial charge in [0.15, 0.2) is 5.82 Å². The molecule has 3 N–H and O–H groups in total. The molecule has 0 aliphatic rings. The van der Waals surface area contributed by atoms with Crippen molar-refractivity contribution >= 4 is 24.1 Å². The van der Waals surface area contributed by atoms with Gasteiger partial charge in [-0.2, -0.15) is 9.50 Å². The summed E-state index contributed by atoms with van der Waals surface area (Å²) < 4.78 is 1.23. The molecule has 0 saturated carbocycles. The number of amides is 1. The number of aromatic nitrogens is 7. The van der Waals surface area contributed by atoms with E-state index in [9.17, 15) is 9.59 Å². The molecule has 0 spiro atoms. The van der Waals surface area contributed by atoms with E-state index in [0.717, 1.165) is 12.0 Å². The number of rotatable bonds is 5. The molecule has 164 valence electrons. The molecule has 4 rings (SSSR count). The van der Waals surface area contributed by atoms with Crippen LogP contribution >= 0.6 is 0 Å². The molecule has 4 heterocycles. The molecule has 0 atom stereocenters. The number of fused-ring (bicyclic) bond motifs is 1. The van der Waals surface area contributed by atoms with E-state index in [2.05, 4.69) is 35.3 Å². The highest BCUT2D eigenvalue weighted by Gasteiger charge is 2.15. The van der Waals surface area contributed by atoms with E-state index in [4.69, 9.17) is 9.90 Å². The van der Waals surface area contributed by atoms with Gasteiger partial charge >= 0.3 is 0 Å². The number of carbonyl (C=O) groups is 2. The Kier molecular flexibility index (Phi) is 6.95. The summed E-state index contributed by atoms with van der Waals surface area (Å²) >= 11 is 0. The summed E-state index contributed by atoms with van der Waals surface area (Å²) in [6.45, 7) is 3.52. The first-order valence-corrected chi connectivity index (χ1v) is 9.58. The Balaban J connectivity index is 0.000000913. The highest BCUT2D eigenvalue weighted by Crippen LogP contribution is 2.13. The van der Waals surface area contributed by atoms with Crippen LogP contribution in [0, 0.1) is 6.92 Å². The van der Waals surface area contributed by atoms with Crippen molar-refractivity contribution in [1.82, 2.24) is 34.5 Å². The van der Waals surface area contributed by atoms with Gasteiger partial charge in [-0.15, -0.1) is 0 Å². The maximum Gasteiger partial charge on any atom is 0.290 e. The van der Waals surface area contributed by atoms with E-state index < -0.39 is 5.91 Å². The molecule has 4 aromatic rings.